The van der Waals surface area contributed by atoms with Gasteiger partial charge in [0, 0.05) is 19.7 Å². The van der Waals surface area contributed by atoms with Crippen LogP contribution in [0.4, 0.5) is 5.13 Å². The highest BCUT2D eigenvalue weighted by Gasteiger charge is 2.20. The molecule has 0 spiro atoms. The molecule has 0 bridgehead atoms. The zero-order chi connectivity index (χ0) is 15.7. The van der Waals surface area contributed by atoms with Crippen LogP contribution in [0.1, 0.15) is 60.8 Å². The number of hydrogen-bond donors (Lipinski definition) is 2. The van der Waals surface area contributed by atoms with Crippen LogP contribution < -0.4 is 5.73 Å². The maximum atomic E-state index is 12.6. The molecule has 0 atom stereocenters. The van der Waals surface area contributed by atoms with Crippen molar-refractivity contribution >= 4 is 22.4 Å². The Hall–Kier alpha value is -1.14. The first-order valence-electron chi connectivity index (χ1n) is 7.73. The molecule has 0 saturated carbocycles. The van der Waals surface area contributed by atoms with Crippen LogP contribution in [0.3, 0.4) is 0 Å². The van der Waals surface area contributed by atoms with Gasteiger partial charge in [-0.1, -0.05) is 43.9 Å². The van der Waals surface area contributed by atoms with Crippen molar-refractivity contribution in [3.8, 4) is 0 Å². The number of rotatable bonds is 10. The smallest absolute Gasteiger partial charge is 0.265 e. The van der Waals surface area contributed by atoms with Gasteiger partial charge in [0.1, 0.15) is 4.88 Å². The fourth-order valence-corrected chi connectivity index (χ4v) is 3.04. The average Bonchev–Trinajstić information content (AvgIpc) is 2.80. The summed E-state index contributed by atoms with van der Waals surface area (Å²) in [6.45, 7) is 5.42. The summed E-state index contributed by atoms with van der Waals surface area (Å²) in [6, 6.07) is 0. The zero-order valence-corrected chi connectivity index (χ0v) is 13.9. The SMILES string of the molecule is CCCCCCCN(CCCO)C(=O)c1sc(N)nc1C. The van der Waals surface area contributed by atoms with Crippen molar-refractivity contribution in [2.75, 3.05) is 25.4 Å². The first-order valence-corrected chi connectivity index (χ1v) is 8.54. The summed E-state index contributed by atoms with van der Waals surface area (Å²) in [4.78, 5) is 19.1. The Morgan fingerprint density at radius 1 is 1.24 bits per heavy atom. The molecule has 0 aromatic carbocycles. The number of carbonyl (C=O) groups excluding carboxylic acids is 1. The molecule has 5 nitrogen and oxygen atoms in total. The summed E-state index contributed by atoms with van der Waals surface area (Å²) in [7, 11) is 0. The Morgan fingerprint density at radius 3 is 2.48 bits per heavy atom. The van der Waals surface area contributed by atoms with E-state index >= 15 is 0 Å². The number of aliphatic hydroxyl groups is 1. The van der Waals surface area contributed by atoms with E-state index in [1.165, 1.54) is 30.6 Å². The second-order valence-electron chi connectivity index (χ2n) is 5.25. The molecule has 1 aromatic heterocycles. The number of nitrogen functional groups attached to an aromatic ring is 1. The molecule has 6 heteroatoms. The van der Waals surface area contributed by atoms with Gasteiger partial charge in [0.25, 0.3) is 5.91 Å². The molecule has 1 rings (SSSR count). The number of nitrogens with two attached hydrogens (primary N) is 1. The minimum Gasteiger partial charge on any atom is -0.396 e. The second kappa shape index (κ2) is 9.73. The third-order valence-electron chi connectivity index (χ3n) is 3.41. The lowest BCUT2D eigenvalue weighted by molar-refractivity contribution is 0.0745. The molecule has 0 radical (unpaired) electrons. The van der Waals surface area contributed by atoms with Gasteiger partial charge in [-0.3, -0.25) is 4.79 Å². The molecule has 0 fully saturated rings. The van der Waals surface area contributed by atoms with E-state index < -0.39 is 0 Å². The molecule has 0 aliphatic rings. The predicted molar refractivity (Wildman–Crippen MR) is 87.6 cm³/mol. The summed E-state index contributed by atoms with van der Waals surface area (Å²) in [5, 5.41) is 9.43. The van der Waals surface area contributed by atoms with Gasteiger partial charge in [0.2, 0.25) is 0 Å². The van der Waals surface area contributed by atoms with E-state index in [4.69, 9.17) is 10.8 Å². The Balaban J connectivity index is 2.59. The number of carbonyl (C=O) groups is 1. The number of aromatic nitrogens is 1. The van der Waals surface area contributed by atoms with E-state index in [1.54, 1.807) is 0 Å². The Labute approximate surface area is 131 Å². The number of thiazole rings is 1. The van der Waals surface area contributed by atoms with Crippen LogP contribution in [-0.4, -0.2) is 40.6 Å². The number of aryl methyl sites for hydroxylation is 1. The highest BCUT2D eigenvalue weighted by atomic mass is 32.1. The van der Waals surface area contributed by atoms with Gasteiger partial charge in [0.05, 0.1) is 5.69 Å². The lowest BCUT2D eigenvalue weighted by Crippen LogP contribution is -2.33. The predicted octanol–water partition coefficient (Wildman–Crippen LogP) is 2.83. The second-order valence-corrected chi connectivity index (χ2v) is 6.28. The number of anilines is 1. The van der Waals surface area contributed by atoms with E-state index in [2.05, 4.69) is 11.9 Å². The summed E-state index contributed by atoms with van der Waals surface area (Å²) < 4.78 is 0. The fourth-order valence-electron chi connectivity index (χ4n) is 2.24. The van der Waals surface area contributed by atoms with E-state index in [0.29, 0.717) is 28.7 Å². The maximum absolute atomic E-state index is 12.6. The zero-order valence-electron chi connectivity index (χ0n) is 13.1. The largest absolute Gasteiger partial charge is 0.396 e. The maximum Gasteiger partial charge on any atom is 0.265 e. The number of aliphatic hydroxyl groups excluding tert-OH is 1. The lowest BCUT2D eigenvalue weighted by atomic mass is 10.1. The van der Waals surface area contributed by atoms with Gasteiger partial charge < -0.3 is 15.7 Å². The van der Waals surface area contributed by atoms with Gasteiger partial charge in [-0.05, 0) is 19.8 Å². The van der Waals surface area contributed by atoms with Gasteiger partial charge in [-0.25, -0.2) is 4.98 Å². The quantitative estimate of drug-likeness (QED) is 0.651. The number of nitrogens with zero attached hydrogens (tertiary/aromatic N) is 2. The van der Waals surface area contributed by atoms with Crippen molar-refractivity contribution in [1.29, 1.82) is 0 Å². The van der Waals surface area contributed by atoms with Crippen LogP contribution in [0.5, 0.6) is 0 Å². The topological polar surface area (TPSA) is 79.5 Å². The normalized spacial score (nSPS) is 10.8. The number of hydrogen-bond acceptors (Lipinski definition) is 5. The highest BCUT2D eigenvalue weighted by molar-refractivity contribution is 7.17. The van der Waals surface area contributed by atoms with Crippen molar-refractivity contribution in [3.63, 3.8) is 0 Å². The van der Waals surface area contributed by atoms with Crippen LogP contribution in [0.25, 0.3) is 0 Å². The first-order chi connectivity index (χ1) is 10.1. The third kappa shape index (κ3) is 6.01. The third-order valence-corrected chi connectivity index (χ3v) is 4.39. The van der Waals surface area contributed by atoms with Gasteiger partial charge in [-0.2, -0.15) is 0 Å². The minimum absolute atomic E-state index is 0.00867. The molecule has 0 aliphatic heterocycles. The molecule has 1 amide bonds. The van der Waals surface area contributed by atoms with Crippen LogP contribution in [0.15, 0.2) is 0 Å². The summed E-state index contributed by atoms with van der Waals surface area (Å²) in [6.07, 6.45) is 6.42. The van der Waals surface area contributed by atoms with Crippen molar-refractivity contribution in [3.05, 3.63) is 10.6 Å². The van der Waals surface area contributed by atoms with Crippen LogP contribution in [-0.2, 0) is 0 Å². The van der Waals surface area contributed by atoms with Crippen molar-refractivity contribution in [1.82, 2.24) is 9.88 Å². The Morgan fingerprint density at radius 2 is 1.90 bits per heavy atom. The monoisotopic (exact) mass is 313 g/mol. The molecule has 0 unspecified atom stereocenters. The molecule has 21 heavy (non-hydrogen) atoms. The highest BCUT2D eigenvalue weighted by Crippen LogP contribution is 2.22. The van der Waals surface area contributed by atoms with Gasteiger partial charge in [-0.15, -0.1) is 0 Å². The Kier molecular flexibility index (Phi) is 8.30. The van der Waals surface area contributed by atoms with Gasteiger partial charge in [0.15, 0.2) is 5.13 Å². The van der Waals surface area contributed by atoms with E-state index in [9.17, 15) is 4.79 Å². The van der Waals surface area contributed by atoms with E-state index in [-0.39, 0.29) is 12.5 Å². The standard InChI is InChI=1S/C15H27N3O2S/c1-3-4-5-6-7-9-18(10-8-11-19)14(20)13-12(2)17-15(16)21-13/h19H,3-11H2,1-2H3,(H2,16,17). The van der Waals surface area contributed by atoms with Crippen molar-refractivity contribution < 1.29 is 9.90 Å². The van der Waals surface area contributed by atoms with Gasteiger partial charge >= 0.3 is 0 Å². The molecule has 3 N–H and O–H groups in total. The minimum atomic E-state index is -0.00867. The van der Waals surface area contributed by atoms with Crippen molar-refractivity contribution in [2.24, 2.45) is 0 Å². The number of unbranched alkanes of at least 4 members (excludes halogenated alkanes) is 4. The van der Waals surface area contributed by atoms with E-state index in [0.717, 1.165) is 19.4 Å². The molecule has 0 saturated heterocycles. The first kappa shape index (κ1) is 17.9. The summed E-state index contributed by atoms with van der Waals surface area (Å²) in [5.41, 5.74) is 6.37. The average molecular weight is 313 g/mol. The molecular formula is C15H27N3O2S. The molecule has 1 aromatic rings. The number of amides is 1. The van der Waals surface area contributed by atoms with E-state index in [1.807, 2.05) is 11.8 Å². The van der Waals surface area contributed by atoms with Crippen LogP contribution >= 0.6 is 11.3 Å². The lowest BCUT2D eigenvalue weighted by Gasteiger charge is -2.22. The Bertz CT molecular complexity index is 435. The molecule has 1 heterocycles. The van der Waals surface area contributed by atoms with Crippen LogP contribution in [0, 0.1) is 6.92 Å². The van der Waals surface area contributed by atoms with Crippen LogP contribution in [0.2, 0.25) is 0 Å². The molecule has 0 aliphatic carbocycles. The summed E-state index contributed by atoms with van der Waals surface area (Å²) in [5.74, 6) is -0.00867. The molecular weight excluding hydrogens is 286 g/mol. The van der Waals surface area contributed by atoms with Crippen molar-refractivity contribution in [2.45, 2.75) is 52.4 Å². The summed E-state index contributed by atoms with van der Waals surface area (Å²) >= 11 is 1.24. The molecule has 120 valence electrons. The fraction of sp³-hybridized carbons (Fsp3) is 0.733.